The van der Waals surface area contributed by atoms with Gasteiger partial charge in [0.25, 0.3) is 0 Å². The molecule has 0 radical (unpaired) electrons. The van der Waals surface area contributed by atoms with E-state index in [0.29, 0.717) is 24.2 Å². The zero-order valence-corrected chi connectivity index (χ0v) is 17.3. The number of para-hydroxylation sites is 1. The second kappa shape index (κ2) is 8.19. The lowest BCUT2D eigenvalue weighted by atomic mass is 10.1. The van der Waals surface area contributed by atoms with Gasteiger partial charge in [-0.25, -0.2) is 4.39 Å². The Labute approximate surface area is 184 Å². The van der Waals surface area contributed by atoms with Crippen LogP contribution in [0.3, 0.4) is 0 Å². The summed E-state index contributed by atoms with van der Waals surface area (Å²) in [6.45, 7) is 0.905. The number of ether oxygens (including phenoxy) is 1. The van der Waals surface area contributed by atoms with Crippen molar-refractivity contribution in [2.45, 2.75) is 13.2 Å². The number of halogens is 1. The number of hydrogen-bond acceptors (Lipinski definition) is 2. The van der Waals surface area contributed by atoms with Gasteiger partial charge in [-0.05, 0) is 42.0 Å². The fraction of sp³-hybridized carbons (Fsp3) is 0.0741. The first-order valence-electron chi connectivity index (χ1n) is 10.4. The van der Waals surface area contributed by atoms with Gasteiger partial charge in [0.2, 0.25) is 5.91 Å². The first-order chi connectivity index (χ1) is 15.6. The van der Waals surface area contributed by atoms with E-state index in [0.717, 1.165) is 33.2 Å². The van der Waals surface area contributed by atoms with Gasteiger partial charge >= 0.3 is 0 Å². The third-order valence-corrected chi connectivity index (χ3v) is 5.66. The monoisotopic (exact) mass is 424 g/mol. The topological polar surface area (TPSA) is 57.2 Å². The van der Waals surface area contributed by atoms with Crippen molar-refractivity contribution >= 4 is 27.7 Å². The number of primary amides is 1. The Bertz CT molecular complexity index is 1440. The second-order valence-electron chi connectivity index (χ2n) is 7.69. The average molecular weight is 424 g/mol. The Balaban J connectivity index is 1.61. The van der Waals surface area contributed by atoms with Crippen LogP contribution in [-0.2, 0) is 13.2 Å². The maximum absolute atomic E-state index is 14.2. The zero-order valence-electron chi connectivity index (χ0n) is 17.3. The van der Waals surface area contributed by atoms with Gasteiger partial charge in [0.1, 0.15) is 18.2 Å². The quantitative estimate of drug-likeness (QED) is 0.382. The van der Waals surface area contributed by atoms with Crippen molar-refractivity contribution in [2.24, 2.45) is 5.73 Å². The van der Waals surface area contributed by atoms with Gasteiger partial charge in [-0.2, -0.15) is 0 Å². The minimum absolute atomic E-state index is 0.337. The van der Waals surface area contributed by atoms with E-state index >= 15 is 0 Å². The van der Waals surface area contributed by atoms with Crippen molar-refractivity contribution in [1.82, 2.24) is 4.57 Å². The molecule has 5 aromatic rings. The molecule has 0 atom stereocenters. The lowest BCUT2D eigenvalue weighted by molar-refractivity contribution is 0.100. The lowest BCUT2D eigenvalue weighted by Crippen LogP contribution is -2.11. The Morgan fingerprint density at radius 3 is 2.47 bits per heavy atom. The van der Waals surface area contributed by atoms with Crippen LogP contribution in [0, 0.1) is 5.82 Å². The fourth-order valence-electron chi connectivity index (χ4n) is 4.17. The number of carbonyl (C=O) groups excluding carboxylic acids is 1. The minimum atomic E-state index is -0.509. The number of amides is 1. The molecule has 1 aromatic heterocycles. The van der Waals surface area contributed by atoms with Crippen LogP contribution in [0.4, 0.5) is 4.39 Å². The van der Waals surface area contributed by atoms with Crippen LogP contribution < -0.4 is 10.5 Å². The largest absolute Gasteiger partial charge is 0.489 e. The molecule has 4 aromatic carbocycles. The molecule has 0 fully saturated rings. The molecular formula is C27H21FN2O2. The number of nitrogens with zero attached hydrogens (tertiary/aromatic N) is 1. The number of fused-ring (bicyclic) bond motifs is 3. The molecule has 0 aliphatic rings. The van der Waals surface area contributed by atoms with E-state index in [-0.39, 0.29) is 5.82 Å². The third-order valence-electron chi connectivity index (χ3n) is 5.66. The smallest absolute Gasteiger partial charge is 0.249 e. The molecule has 0 spiro atoms. The second-order valence-corrected chi connectivity index (χ2v) is 7.69. The summed E-state index contributed by atoms with van der Waals surface area (Å²) in [4.78, 5) is 12.1. The van der Waals surface area contributed by atoms with E-state index in [1.807, 2.05) is 65.2 Å². The Hall–Kier alpha value is -4.12. The predicted octanol–water partition coefficient (Wildman–Crippen LogP) is 5.66. The first-order valence-corrected chi connectivity index (χ1v) is 10.4. The van der Waals surface area contributed by atoms with Crippen LogP contribution >= 0.6 is 0 Å². The lowest BCUT2D eigenvalue weighted by Gasteiger charge is -2.14. The highest BCUT2D eigenvalue weighted by Gasteiger charge is 2.18. The van der Waals surface area contributed by atoms with E-state index in [9.17, 15) is 9.18 Å². The van der Waals surface area contributed by atoms with Crippen LogP contribution in [0.25, 0.3) is 21.8 Å². The van der Waals surface area contributed by atoms with Crippen molar-refractivity contribution in [3.8, 4) is 5.75 Å². The summed E-state index contributed by atoms with van der Waals surface area (Å²) in [6, 6.07) is 27.8. The highest BCUT2D eigenvalue weighted by atomic mass is 19.1. The highest BCUT2D eigenvalue weighted by molar-refractivity contribution is 6.17. The molecular weight excluding hydrogens is 403 g/mol. The van der Waals surface area contributed by atoms with Crippen molar-refractivity contribution in [3.63, 3.8) is 0 Å². The SMILES string of the molecule is NC(=O)c1cccc2c1c1ccc(F)cc1n2Cc1ccccc1OCc1ccccc1. The van der Waals surface area contributed by atoms with Crippen LogP contribution in [0.15, 0.2) is 91.0 Å². The number of nitrogens with two attached hydrogens (primary N) is 1. The van der Waals surface area contributed by atoms with E-state index in [2.05, 4.69) is 0 Å². The Morgan fingerprint density at radius 2 is 1.66 bits per heavy atom. The summed E-state index contributed by atoms with van der Waals surface area (Å²) in [5.74, 6) is -0.0878. The van der Waals surface area contributed by atoms with Crippen molar-refractivity contribution in [1.29, 1.82) is 0 Å². The van der Waals surface area contributed by atoms with Gasteiger partial charge in [-0.15, -0.1) is 0 Å². The van der Waals surface area contributed by atoms with Gasteiger partial charge in [-0.1, -0.05) is 54.6 Å². The number of aromatic nitrogens is 1. The fourth-order valence-corrected chi connectivity index (χ4v) is 4.17. The Morgan fingerprint density at radius 1 is 0.875 bits per heavy atom. The molecule has 1 amide bonds. The molecule has 0 saturated heterocycles. The minimum Gasteiger partial charge on any atom is -0.489 e. The van der Waals surface area contributed by atoms with Crippen LogP contribution in [0.1, 0.15) is 21.5 Å². The molecule has 0 aliphatic carbocycles. The third kappa shape index (κ3) is 3.58. The zero-order chi connectivity index (χ0) is 22.1. The molecule has 0 bridgehead atoms. The van der Waals surface area contributed by atoms with E-state index < -0.39 is 5.91 Å². The van der Waals surface area contributed by atoms with Crippen LogP contribution in [-0.4, -0.2) is 10.5 Å². The Kier molecular flexibility index (Phi) is 5.07. The molecule has 0 saturated carbocycles. The maximum Gasteiger partial charge on any atom is 0.249 e. The summed E-state index contributed by atoms with van der Waals surface area (Å²) in [5.41, 5.74) is 9.61. The molecule has 1 heterocycles. The van der Waals surface area contributed by atoms with Crippen molar-refractivity contribution in [2.75, 3.05) is 0 Å². The average Bonchev–Trinajstić information content (AvgIpc) is 3.12. The molecule has 0 unspecified atom stereocenters. The molecule has 158 valence electrons. The highest BCUT2D eigenvalue weighted by Crippen LogP contribution is 2.34. The van der Waals surface area contributed by atoms with Gasteiger partial charge in [0, 0.05) is 21.9 Å². The summed E-state index contributed by atoms with van der Waals surface area (Å²) in [5, 5.41) is 1.52. The summed E-state index contributed by atoms with van der Waals surface area (Å²) in [7, 11) is 0. The number of hydrogen-bond donors (Lipinski definition) is 1. The predicted molar refractivity (Wildman–Crippen MR) is 124 cm³/mol. The summed E-state index contributed by atoms with van der Waals surface area (Å²) < 4.78 is 22.3. The normalized spacial score (nSPS) is 11.2. The van der Waals surface area contributed by atoms with Crippen molar-refractivity contribution < 1.29 is 13.9 Å². The van der Waals surface area contributed by atoms with Gasteiger partial charge in [-0.3, -0.25) is 4.79 Å². The van der Waals surface area contributed by atoms with Crippen LogP contribution in [0.5, 0.6) is 5.75 Å². The van der Waals surface area contributed by atoms with Gasteiger partial charge in [0.15, 0.2) is 0 Å². The first kappa shape index (κ1) is 19.8. The maximum atomic E-state index is 14.2. The van der Waals surface area contributed by atoms with E-state index in [4.69, 9.17) is 10.5 Å². The molecule has 4 nitrogen and oxygen atoms in total. The number of benzene rings is 4. The van der Waals surface area contributed by atoms with Crippen LogP contribution in [0.2, 0.25) is 0 Å². The molecule has 5 rings (SSSR count). The number of carbonyl (C=O) groups is 1. The molecule has 32 heavy (non-hydrogen) atoms. The van der Waals surface area contributed by atoms with Gasteiger partial charge in [0.05, 0.1) is 17.6 Å². The summed E-state index contributed by atoms with van der Waals surface area (Å²) in [6.07, 6.45) is 0. The molecule has 0 aliphatic heterocycles. The molecule has 5 heteroatoms. The number of rotatable bonds is 6. The standard InChI is InChI=1S/C27H21FN2O2/c28-20-13-14-21-24(15-20)30(23-11-6-10-22(26(21)23)27(29)31)16-19-9-4-5-12-25(19)32-17-18-7-2-1-3-8-18/h1-15H,16-17H2,(H2,29,31). The molecule has 2 N–H and O–H groups in total. The van der Waals surface area contributed by atoms with Gasteiger partial charge < -0.3 is 15.0 Å². The summed E-state index contributed by atoms with van der Waals surface area (Å²) >= 11 is 0. The van der Waals surface area contributed by atoms with E-state index in [1.54, 1.807) is 18.2 Å². The van der Waals surface area contributed by atoms with E-state index in [1.165, 1.54) is 12.1 Å². The van der Waals surface area contributed by atoms with Crippen molar-refractivity contribution in [3.05, 3.63) is 114 Å².